The van der Waals surface area contributed by atoms with Crippen LogP contribution in [0.3, 0.4) is 0 Å². The molecule has 0 rings (SSSR count). The molecule has 0 N–H and O–H groups in total. The molecule has 0 atom stereocenters. The molecule has 0 aromatic carbocycles. The van der Waals surface area contributed by atoms with Crippen molar-refractivity contribution >= 4 is 5.97 Å². The van der Waals surface area contributed by atoms with E-state index in [4.69, 9.17) is 0 Å². The highest BCUT2D eigenvalue weighted by Gasteiger charge is 1.93. The first-order chi connectivity index (χ1) is 4.81. The average molecular weight is 144 g/mol. The van der Waals surface area contributed by atoms with Crippen molar-refractivity contribution in [1.82, 2.24) is 0 Å². The van der Waals surface area contributed by atoms with Gasteiger partial charge in [-0.3, -0.25) is 4.79 Å². The lowest BCUT2D eigenvalue weighted by Crippen LogP contribution is -2.01. The lowest BCUT2D eigenvalue weighted by molar-refractivity contribution is -0.142. The predicted molar refractivity (Wildman–Crippen MR) is 37.4 cm³/mol. The summed E-state index contributed by atoms with van der Waals surface area (Å²) in [5.41, 5.74) is 0. The zero-order chi connectivity index (χ0) is 7.82. The van der Waals surface area contributed by atoms with Crippen molar-refractivity contribution in [2.24, 2.45) is 0 Å². The van der Waals surface area contributed by atoms with Crippen LogP contribution in [0, 0.1) is 0 Å². The molecular formula is C7H12O3. The predicted octanol–water partition coefficient (Wildman–Crippen LogP) is 1.10. The third-order valence-electron chi connectivity index (χ3n) is 0.862. The Morgan fingerprint density at radius 1 is 1.60 bits per heavy atom. The highest BCUT2D eigenvalue weighted by atomic mass is 16.5. The number of hydrogen-bond donors (Lipinski definition) is 0. The average Bonchev–Trinajstić information content (AvgIpc) is 1.98. The van der Waals surface area contributed by atoms with E-state index in [2.05, 4.69) is 9.47 Å². The number of rotatable bonds is 4. The van der Waals surface area contributed by atoms with E-state index in [9.17, 15) is 4.79 Å². The number of methoxy groups -OCH3 is 1. The van der Waals surface area contributed by atoms with Crippen LogP contribution in [-0.2, 0) is 14.3 Å². The first-order valence-corrected chi connectivity index (χ1v) is 3.14. The summed E-state index contributed by atoms with van der Waals surface area (Å²) < 4.78 is 9.27. The molecule has 0 unspecified atom stereocenters. The number of hydrogen-bond acceptors (Lipinski definition) is 3. The van der Waals surface area contributed by atoms with E-state index in [1.54, 1.807) is 13.0 Å². The van der Waals surface area contributed by atoms with E-state index in [0.29, 0.717) is 13.0 Å². The van der Waals surface area contributed by atoms with Crippen LogP contribution in [-0.4, -0.2) is 19.7 Å². The lowest BCUT2D eigenvalue weighted by Gasteiger charge is -1.96. The Bertz CT molecular complexity index is 118. The second kappa shape index (κ2) is 6.13. The molecule has 0 aromatic heterocycles. The Morgan fingerprint density at radius 2 is 2.30 bits per heavy atom. The van der Waals surface area contributed by atoms with Gasteiger partial charge in [0, 0.05) is 6.42 Å². The van der Waals surface area contributed by atoms with Crippen molar-refractivity contribution in [3.8, 4) is 0 Å². The second-order valence-electron chi connectivity index (χ2n) is 1.64. The normalized spacial score (nSPS) is 9.80. The van der Waals surface area contributed by atoms with E-state index in [1.807, 2.05) is 0 Å². The largest absolute Gasteiger partial charge is 0.505 e. The van der Waals surface area contributed by atoms with Crippen LogP contribution in [0.4, 0.5) is 0 Å². The number of carbonyl (C=O) groups excluding carboxylic acids is 1. The molecule has 0 aliphatic carbocycles. The van der Waals surface area contributed by atoms with E-state index in [0.717, 1.165) is 0 Å². The third-order valence-corrected chi connectivity index (χ3v) is 0.862. The van der Waals surface area contributed by atoms with Crippen molar-refractivity contribution in [3.05, 3.63) is 12.3 Å². The zero-order valence-corrected chi connectivity index (χ0v) is 6.29. The van der Waals surface area contributed by atoms with Gasteiger partial charge in [0.15, 0.2) is 0 Å². The SMILES string of the molecule is CCC(=O)OCC=COC. The van der Waals surface area contributed by atoms with Crippen LogP contribution in [0.15, 0.2) is 12.3 Å². The molecule has 10 heavy (non-hydrogen) atoms. The fourth-order valence-corrected chi connectivity index (χ4v) is 0.379. The molecule has 0 aromatic rings. The second-order valence-corrected chi connectivity index (χ2v) is 1.64. The highest BCUT2D eigenvalue weighted by Crippen LogP contribution is 1.84. The molecule has 0 bridgehead atoms. The van der Waals surface area contributed by atoms with Crippen molar-refractivity contribution in [2.45, 2.75) is 13.3 Å². The summed E-state index contributed by atoms with van der Waals surface area (Å²) in [6.45, 7) is 2.04. The first-order valence-electron chi connectivity index (χ1n) is 3.14. The first kappa shape index (κ1) is 9.01. The summed E-state index contributed by atoms with van der Waals surface area (Å²) in [6, 6.07) is 0. The molecule has 0 saturated heterocycles. The Balaban J connectivity index is 3.19. The van der Waals surface area contributed by atoms with Gasteiger partial charge in [-0.2, -0.15) is 0 Å². The fraction of sp³-hybridized carbons (Fsp3) is 0.571. The Hall–Kier alpha value is -0.990. The summed E-state index contributed by atoms with van der Waals surface area (Å²) in [6.07, 6.45) is 3.53. The molecule has 3 nitrogen and oxygen atoms in total. The molecule has 58 valence electrons. The summed E-state index contributed by atoms with van der Waals surface area (Å²) in [5, 5.41) is 0. The summed E-state index contributed by atoms with van der Waals surface area (Å²) in [4.78, 5) is 10.5. The zero-order valence-electron chi connectivity index (χ0n) is 6.29. The molecule has 0 fully saturated rings. The molecule has 0 radical (unpaired) electrons. The van der Waals surface area contributed by atoms with Crippen LogP contribution in [0.25, 0.3) is 0 Å². The van der Waals surface area contributed by atoms with Crippen LogP contribution < -0.4 is 0 Å². The van der Waals surface area contributed by atoms with Gasteiger partial charge in [-0.15, -0.1) is 0 Å². The maximum absolute atomic E-state index is 10.5. The van der Waals surface area contributed by atoms with Gasteiger partial charge in [0.2, 0.25) is 0 Å². The Kier molecular flexibility index (Phi) is 5.53. The quantitative estimate of drug-likeness (QED) is 0.438. The maximum Gasteiger partial charge on any atom is 0.305 e. The molecule has 0 saturated carbocycles. The van der Waals surface area contributed by atoms with Crippen LogP contribution >= 0.6 is 0 Å². The van der Waals surface area contributed by atoms with Crippen molar-refractivity contribution in [3.63, 3.8) is 0 Å². The highest BCUT2D eigenvalue weighted by molar-refractivity contribution is 5.68. The summed E-state index contributed by atoms with van der Waals surface area (Å²) in [5.74, 6) is -0.194. The lowest BCUT2D eigenvalue weighted by atomic mass is 10.5. The summed E-state index contributed by atoms with van der Waals surface area (Å²) in [7, 11) is 1.54. The minimum absolute atomic E-state index is 0.194. The number of ether oxygens (including phenoxy) is 2. The van der Waals surface area contributed by atoms with Crippen molar-refractivity contribution < 1.29 is 14.3 Å². The smallest absolute Gasteiger partial charge is 0.305 e. The van der Waals surface area contributed by atoms with E-state index < -0.39 is 0 Å². The van der Waals surface area contributed by atoms with Crippen molar-refractivity contribution in [1.29, 1.82) is 0 Å². The topological polar surface area (TPSA) is 35.5 Å². The number of carbonyl (C=O) groups is 1. The van der Waals surface area contributed by atoms with Gasteiger partial charge in [0.1, 0.15) is 6.61 Å². The molecule has 0 aliphatic heterocycles. The molecule has 3 heteroatoms. The standard InChI is InChI=1S/C7H12O3/c1-3-7(8)10-6-4-5-9-2/h4-5H,3,6H2,1-2H3. The Labute approximate surface area is 60.6 Å². The molecule has 0 spiro atoms. The molecular weight excluding hydrogens is 132 g/mol. The van der Waals surface area contributed by atoms with Crippen molar-refractivity contribution in [2.75, 3.05) is 13.7 Å². The maximum atomic E-state index is 10.5. The van der Waals surface area contributed by atoms with Gasteiger partial charge < -0.3 is 9.47 Å². The number of esters is 1. The monoisotopic (exact) mass is 144 g/mol. The van der Waals surface area contributed by atoms with Gasteiger partial charge in [-0.25, -0.2) is 0 Å². The van der Waals surface area contributed by atoms with Gasteiger partial charge in [-0.1, -0.05) is 6.92 Å². The molecule has 0 heterocycles. The van der Waals surface area contributed by atoms with Crippen LogP contribution in [0.1, 0.15) is 13.3 Å². The molecule has 0 aliphatic rings. The molecule has 0 amide bonds. The van der Waals surface area contributed by atoms with Gasteiger partial charge >= 0.3 is 5.97 Å². The minimum Gasteiger partial charge on any atom is -0.505 e. The van der Waals surface area contributed by atoms with Gasteiger partial charge in [0.05, 0.1) is 13.4 Å². The minimum atomic E-state index is -0.194. The third kappa shape index (κ3) is 5.15. The van der Waals surface area contributed by atoms with Crippen LogP contribution in [0.5, 0.6) is 0 Å². The van der Waals surface area contributed by atoms with E-state index in [1.165, 1.54) is 13.4 Å². The van der Waals surface area contributed by atoms with Crippen LogP contribution in [0.2, 0.25) is 0 Å². The van der Waals surface area contributed by atoms with E-state index in [-0.39, 0.29) is 5.97 Å². The Morgan fingerprint density at radius 3 is 2.80 bits per heavy atom. The fourth-order valence-electron chi connectivity index (χ4n) is 0.379. The summed E-state index contributed by atoms with van der Waals surface area (Å²) >= 11 is 0. The van der Waals surface area contributed by atoms with Gasteiger partial charge in [0.25, 0.3) is 0 Å². The van der Waals surface area contributed by atoms with E-state index >= 15 is 0 Å². The van der Waals surface area contributed by atoms with Gasteiger partial charge in [-0.05, 0) is 6.08 Å².